The molecule has 3 rings (SSSR count). The van der Waals surface area contributed by atoms with Crippen LogP contribution in [0.15, 0.2) is 70.4 Å². The van der Waals surface area contributed by atoms with E-state index in [4.69, 9.17) is 23.2 Å². The number of nitrogens with zero attached hydrogens (tertiary/aromatic N) is 2. The van der Waals surface area contributed by atoms with Gasteiger partial charge in [-0.3, -0.25) is 18.7 Å². The SMILES string of the molecule is O=C(Cn1c(=O)ccn(Cc2ccccc2)c1=O)Nc1ccc(Cl)c(Cl)c1. The first-order valence-electron chi connectivity index (χ1n) is 8.03. The van der Waals surface area contributed by atoms with E-state index in [1.807, 2.05) is 30.3 Å². The van der Waals surface area contributed by atoms with E-state index in [2.05, 4.69) is 5.32 Å². The molecule has 0 bridgehead atoms. The molecule has 0 unspecified atom stereocenters. The van der Waals surface area contributed by atoms with Crippen LogP contribution < -0.4 is 16.6 Å². The largest absolute Gasteiger partial charge is 0.331 e. The van der Waals surface area contributed by atoms with Crippen LogP contribution in [-0.2, 0) is 17.9 Å². The summed E-state index contributed by atoms with van der Waals surface area (Å²) in [5.41, 5.74) is 0.220. The van der Waals surface area contributed by atoms with Crippen LogP contribution in [0.4, 0.5) is 5.69 Å². The zero-order chi connectivity index (χ0) is 19.4. The molecule has 0 aliphatic heterocycles. The minimum absolute atomic E-state index is 0.288. The molecule has 27 heavy (non-hydrogen) atoms. The molecule has 8 heteroatoms. The lowest BCUT2D eigenvalue weighted by Gasteiger charge is -2.11. The zero-order valence-electron chi connectivity index (χ0n) is 14.1. The van der Waals surface area contributed by atoms with Gasteiger partial charge >= 0.3 is 5.69 Å². The lowest BCUT2D eigenvalue weighted by Crippen LogP contribution is -2.41. The van der Waals surface area contributed by atoms with Crippen LogP contribution in [-0.4, -0.2) is 15.0 Å². The van der Waals surface area contributed by atoms with Crippen LogP contribution in [0.1, 0.15) is 5.56 Å². The molecule has 0 atom stereocenters. The average Bonchev–Trinajstić information content (AvgIpc) is 2.65. The van der Waals surface area contributed by atoms with E-state index in [-0.39, 0.29) is 5.02 Å². The van der Waals surface area contributed by atoms with Crippen LogP contribution in [0.5, 0.6) is 0 Å². The third-order valence-electron chi connectivity index (χ3n) is 3.84. The molecule has 0 fully saturated rings. The van der Waals surface area contributed by atoms with Gasteiger partial charge in [-0.25, -0.2) is 4.79 Å². The molecule has 0 aliphatic carbocycles. The molecule has 0 saturated carbocycles. The van der Waals surface area contributed by atoms with Crippen molar-refractivity contribution >= 4 is 34.8 Å². The van der Waals surface area contributed by atoms with Crippen molar-refractivity contribution in [2.24, 2.45) is 0 Å². The van der Waals surface area contributed by atoms with Crippen molar-refractivity contribution in [3.05, 3.63) is 97.2 Å². The Morgan fingerprint density at radius 1 is 0.963 bits per heavy atom. The van der Waals surface area contributed by atoms with Crippen molar-refractivity contribution in [3.8, 4) is 0 Å². The Morgan fingerprint density at radius 3 is 2.41 bits per heavy atom. The fourth-order valence-electron chi connectivity index (χ4n) is 2.52. The highest BCUT2D eigenvalue weighted by Gasteiger charge is 2.11. The van der Waals surface area contributed by atoms with Crippen molar-refractivity contribution in [1.29, 1.82) is 0 Å². The summed E-state index contributed by atoms with van der Waals surface area (Å²) >= 11 is 11.8. The minimum atomic E-state index is -0.560. The molecule has 0 saturated heterocycles. The molecule has 1 N–H and O–H groups in total. The van der Waals surface area contributed by atoms with Gasteiger partial charge < -0.3 is 5.32 Å². The molecule has 138 valence electrons. The van der Waals surface area contributed by atoms with Crippen molar-refractivity contribution in [2.75, 3.05) is 5.32 Å². The molecule has 1 amide bonds. The molecule has 0 spiro atoms. The second kappa shape index (κ2) is 8.24. The average molecular weight is 404 g/mol. The Morgan fingerprint density at radius 2 is 1.70 bits per heavy atom. The summed E-state index contributed by atoms with van der Waals surface area (Å²) in [6.45, 7) is -0.109. The van der Waals surface area contributed by atoms with Crippen molar-refractivity contribution < 1.29 is 4.79 Å². The normalized spacial score (nSPS) is 10.6. The van der Waals surface area contributed by atoms with Gasteiger partial charge in [0.2, 0.25) is 5.91 Å². The fraction of sp³-hybridized carbons (Fsp3) is 0.105. The highest BCUT2D eigenvalue weighted by Crippen LogP contribution is 2.24. The second-order valence-corrected chi connectivity index (χ2v) is 6.63. The highest BCUT2D eigenvalue weighted by atomic mass is 35.5. The van der Waals surface area contributed by atoms with Crippen molar-refractivity contribution in [2.45, 2.75) is 13.1 Å². The number of rotatable bonds is 5. The second-order valence-electron chi connectivity index (χ2n) is 5.81. The van der Waals surface area contributed by atoms with E-state index < -0.39 is 23.7 Å². The Hall–Kier alpha value is -2.83. The third kappa shape index (κ3) is 4.67. The van der Waals surface area contributed by atoms with E-state index in [1.165, 1.54) is 22.9 Å². The number of carbonyl (C=O) groups is 1. The molecule has 1 aromatic heterocycles. The maximum atomic E-state index is 12.6. The molecule has 0 radical (unpaired) electrons. The Labute approximate surface area is 164 Å². The summed E-state index contributed by atoms with van der Waals surface area (Å²) in [6.07, 6.45) is 1.42. The molecule has 1 heterocycles. The van der Waals surface area contributed by atoms with Gasteiger partial charge in [0.15, 0.2) is 0 Å². The maximum Gasteiger partial charge on any atom is 0.331 e. The van der Waals surface area contributed by atoms with Crippen molar-refractivity contribution in [1.82, 2.24) is 9.13 Å². The van der Waals surface area contributed by atoms with Crippen LogP contribution in [0.3, 0.4) is 0 Å². The molecule has 2 aromatic carbocycles. The Bertz CT molecular complexity index is 1090. The van der Waals surface area contributed by atoms with Crippen LogP contribution in [0.25, 0.3) is 0 Å². The zero-order valence-corrected chi connectivity index (χ0v) is 15.6. The highest BCUT2D eigenvalue weighted by molar-refractivity contribution is 6.42. The van der Waals surface area contributed by atoms with Gasteiger partial charge in [-0.2, -0.15) is 0 Å². The van der Waals surface area contributed by atoms with Gasteiger partial charge in [-0.15, -0.1) is 0 Å². The third-order valence-corrected chi connectivity index (χ3v) is 4.58. The molecule has 3 aromatic rings. The number of halogens is 2. The van der Waals surface area contributed by atoms with Gasteiger partial charge in [-0.05, 0) is 23.8 Å². The van der Waals surface area contributed by atoms with Gasteiger partial charge in [0.1, 0.15) is 6.54 Å². The number of hydrogen-bond acceptors (Lipinski definition) is 3. The first kappa shape index (κ1) is 18.9. The summed E-state index contributed by atoms with van der Waals surface area (Å²) in [6, 6.07) is 15.2. The summed E-state index contributed by atoms with van der Waals surface area (Å²) in [5, 5.41) is 3.24. The number of benzene rings is 2. The van der Waals surface area contributed by atoms with Crippen LogP contribution in [0.2, 0.25) is 10.0 Å². The number of amides is 1. The van der Waals surface area contributed by atoms with E-state index in [9.17, 15) is 14.4 Å². The molecule has 6 nitrogen and oxygen atoms in total. The summed E-state index contributed by atoms with van der Waals surface area (Å²) in [4.78, 5) is 36.9. The number of carbonyl (C=O) groups excluding carboxylic acids is 1. The Kier molecular flexibility index (Phi) is 5.78. The van der Waals surface area contributed by atoms with Gasteiger partial charge in [0.05, 0.1) is 16.6 Å². The van der Waals surface area contributed by atoms with E-state index in [0.29, 0.717) is 17.3 Å². The quantitative estimate of drug-likeness (QED) is 0.711. The lowest BCUT2D eigenvalue weighted by molar-refractivity contribution is -0.116. The van der Waals surface area contributed by atoms with E-state index >= 15 is 0 Å². The molecular formula is C19H15Cl2N3O3. The van der Waals surface area contributed by atoms with Gasteiger partial charge in [0.25, 0.3) is 5.56 Å². The van der Waals surface area contributed by atoms with Gasteiger partial charge in [-0.1, -0.05) is 53.5 Å². The lowest BCUT2D eigenvalue weighted by atomic mass is 10.2. The number of hydrogen-bond donors (Lipinski definition) is 1. The topological polar surface area (TPSA) is 73.1 Å². The number of nitrogens with one attached hydrogen (secondary N) is 1. The molecule has 0 aliphatic rings. The standard InChI is InChI=1S/C19H15Cl2N3O3/c20-15-7-6-14(10-16(15)21)22-17(25)12-24-18(26)8-9-23(19(24)27)11-13-4-2-1-3-5-13/h1-10H,11-12H2,(H,22,25). The Balaban J connectivity index is 1.80. The molecular weight excluding hydrogens is 389 g/mol. The van der Waals surface area contributed by atoms with E-state index in [0.717, 1.165) is 10.1 Å². The predicted molar refractivity (Wildman–Crippen MR) is 106 cm³/mol. The fourth-order valence-corrected chi connectivity index (χ4v) is 2.82. The monoisotopic (exact) mass is 403 g/mol. The van der Waals surface area contributed by atoms with E-state index in [1.54, 1.807) is 12.1 Å². The minimum Gasteiger partial charge on any atom is -0.324 e. The first-order valence-corrected chi connectivity index (χ1v) is 8.79. The summed E-state index contributed by atoms with van der Waals surface area (Å²) in [5.74, 6) is -0.523. The number of aromatic nitrogens is 2. The smallest absolute Gasteiger partial charge is 0.324 e. The predicted octanol–water partition coefficient (Wildman–Crippen LogP) is 3.00. The summed E-state index contributed by atoms with van der Waals surface area (Å²) < 4.78 is 2.26. The van der Waals surface area contributed by atoms with Crippen LogP contribution in [0, 0.1) is 0 Å². The van der Waals surface area contributed by atoms with Gasteiger partial charge in [0, 0.05) is 18.0 Å². The first-order chi connectivity index (χ1) is 12.9. The maximum absolute atomic E-state index is 12.6. The number of anilines is 1. The summed E-state index contributed by atoms with van der Waals surface area (Å²) in [7, 11) is 0. The van der Waals surface area contributed by atoms with Crippen LogP contribution >= 0.6 is 23.2 Å². The van der Waals surface area contributed by atoms with Crippen molar-refractivity contribution in [3.63, 3.8) is 0 Å².